The highest BCUT2D eigenvalue weighted by atomic mass is 32.2. The summed E-state index contributed by atoms with van der Waals surface area (Å²) in [5.74, 6) is 1.04. The summed E-state index contributed by atoms with van der Waals surface area (Å²) in [7, 11) is 0. The van der Waals surface area contributed by atoms with Crippen LogP contribution in [0.5, 0.6) is 0 Å². The molecule has 6 nitrogen and oxygen atoms in total. The van der Waals surface area contributed by atoms with Crippen LogP contribution in [0, 0.1) is 20.8 Å². The van der Waals surface area contributed by atoms with Crippen LogP contribution in [0.1, 0.15) is 27.3 Å². The number of carbonyl (C=O) groups is 1. The Balaban J connectivity index is 1.44. The lowest BCUT2D eigenvalue weighted by Crippen LogP contribution is -2.07. The maximum absolute atomic E-state index is 13.3. The van der Waals surface area contributed by atoms with Crippen molar-refractivity contribution in [1.82, 2.24) is 24.3 Å². The van der Waals surface area contributed by atoms with Gasteiger partial charge in [-0.15, -0.1) is 10.2 Å². The predicted octanol–water partition coefficient (Wildman–Crippen LogP) is 6.02. The van der Waals surface area contributed by atoms with E-state index in [4.69, 9.17) is 0 Å². The van der Waals surface area contributed by atoms with E-state index < -0.39 is 0 Å². The smallest absolute Gasteiger partial charge is 0.196 e. The van der Waals surface area contributed by atoms with Gasteiger partial charge in [-0.2, -0.15) is 0 Å². The van der Waals surface area contributed by atoms with E-state index in [0.717, 1.165) is 33.9 Å². The molecule has 0 N–H and O–H groups in total. The van der Waals surface area contributed by atoms with Gasteiger partial charge in [0.25, 0.3) is 0 Å². The third-order valence-corrected chi connectivity index (χ3v) is 6.87. The van der Waals surface area contributed by atoms with Crippen molar-refractivity contribution in [1.29, 1.82) is 0 Å². The lowest BCUT2D eigenvalue weighted by molar-refractivity contribution is 0.102. The molecule has 0 radical (unpaired) electrons. The maximum Gasteiger partial charge on any atom is 0.196 e. The first-order valence-corrected chi connectivity index (χ1v) is 12.3. The fourth-order valence-corrected chi connectivity index (χ4v) is 5.04. The van der Waals surface area contributed by atoms with Crippen molar-refractivity contribution in [3.8, 4) is 22.8 Å². The zero-order chi connectivity index (χ0) is 24.4. The predicted molar refractivity (Wildman–Crippen MR) is 140 cm³/mol. The van der Waals surface area contributed by atoms with Crippen LogP contribution in [-0.4, -0.2) is 35.9 Å². The van der Waals surface area contributed by atoms with Gasteiger partial charge in [-0.05, 0) is 63.2 Å². The van der Waals surface area contributed by atoms with Crippen molar-refractivity contribution in [2.24, 2.45) is 0 Å². The summed E-state index contributed by atoms with van der Waals surface area (Å²) in [5, 5.41) is 9.55. The zero-order valence-corrected chi connectivity index (χ0v) is 20.7. The third kappa shape index (κ3) is 4.55. The molecule has 0 unspecified atom stereocenters. The van der Waals surface area contributed by atoms with Crippen LogP contribution in [0.4, 0.5) is 0 Å². The minimum absolute atomic E-state index is 0.0644. The number of ketones is 1. The quantitative estimate of drug-likeness (QED) is 0.211. The van der Waals surface area contributed by atoms with Crippen molar-refractivity contribution in [3.63, 3.8) is 0 Å². The number of nitrogens with zero attached hydrogens (tertiary/aromatic N) is 5. The first-order valence-electron chi connectivity index (χ1n) is 11.4. The number of Topliss-reactive ketones (excluding diaryl/α,β-unsaturated/α-hetero) is 1. The van der Waals surface area contributed by atoms with Crippen LogP contribution in [0.3, 0.4) is 0 Å². The van der Waals surface area contributed by atoms with Gasteiger partial charge in [0, 0.05) is 46.3 Å². The maximum atomic E-state index is 13.3. The summed E-state index contributed by atoms with van der Waals surface area (Å²) < 4.78 is 4.12. The summed E-state index contributed by atoms with van der Waals surface area (Å²) >= 11 is 1.40. The fraction of sp³-hybridized carbons (Fsp3) is 0.143. The highest BCUT2D eigenvalue weighted by Crippen LogP contribution is 2.29. The molecule has 0 spiro atoms. The fourth-order valence-electron chi connectivity index (χ4n) is 4.21. The largest absolute Gasteiger partial charge is 0.318 e. The van der Waals surface area contributed by atoms with E-state index in [1.54, 1.807) is 12.4 Å². The van der Waals surface area contributed by atoms with Gasteiger partial charge >= 0.3 is 0 Å². The number of carbonyl (C=O) groups excluding carboxylic acids is 1. The topological polar surface area (TPSA) is 65.6 Å². The van der Waals surface area contributed by atoms with Crippen molar-refractivity contribution >= 4 is 17.5 Å². The Morgan fingerprint density at radius 2 is 1.51 bits per heavy atom. The molecular formula is C28H25N5OS. The van der Waals surface area contributed by atoms with Gasteiger partial charge in [-0.3, -0.25) is 14.3 Å². The molecule has 0 aliphatic rings. The van der Waals surface area contributed by atoms with E-state index in [9.17, 15) is 4.79 Å². The monoisotopic (exact) mass is 479 g/mol. The molecule has 2 aromatic carbocycles. The Bertz CT molecular complexity index is 1470. The molecule has 174 valence electrons. The number of rotatable bonds is 7. The van der Waals surface area contributed by atoms with Gasteiger partial charge in [-0.1, -0.05) is 47.7 Å². The highest BCUT2D eigenvalue weighted by molar-refractivity contribution is 7.99. The molecule has 35 heavy (non-hydrogen) atoms. The van der Waals surface area contributed by atoms with Crippen molar-refractivity contribution < 1.29 is 4.79 Å². The molecule has 3 aromatic heterocycles. The Hall–Kier alpha value is -3.97. The lowest BCUT2D eigenvalue weighted by atomic mass is 10.2. The van der Waals surface area contributed by atoms with E-state index in [-0.39, 0.29) is 11.5 Å². The van der Waals surface area contributed by atoms with Gasteiger partial charge in [0.05, 0.1) is 5.75 Å². The second-order valence-electron chi connectivity index (χ2n) is 8.38. The molecule has 5 aromatic rings. The summed E-state index contributed by atoms with van der Waals surface area (Å²) in [6.45, 7) is 6.10. The number of thioether (sulfide) groups is 1. The van der Waals surface area contributed by atoms with E-state index in [1.807, 2.05) is 66.9 Å². The Morgan fingerprint density at radius 3 is 2.23 bits per heavy atom. The molecule has 0 aliphatic carbocycles. The van der Waals surface area contributed by atoms with Crippen molar-refractivity contribution in [2.75, 3.05) is 5.75 Å². The van der Waals surface area contributed by atoms with E-state index in [1.165, 1.54) is 17.3 Å². The van der Waals surface area contributed by atoms with Crippen molar-refractivity contribution in [2.45, 2.75) is 25.9 Å². The summed E-state index contributed by atoms with van der Waals surface area (Å²) in [5.41, 5.74) is 6.83. The molecule has 0 saturated heterocycles. The zero-order valence-electron chi connectivity index (χ0n) is 19.8. The van der Waals surface area contributed by atoms with Crippen LogP contribution < -0.4 is 0 Å². The van der Waals surface area contributed by atoms with Crippen LogP contribution in [0.15, 0.2) is 90.3 Å². The van der Waals surface area contributed by atoms with Gasteiger partial charge in [0.15, 0.2) is 16.8 Å². The average molecular weight is 480 g/mol. The van der Waals surface area contributed by atoms with Gasteiger partial charge in [0.2, 0.25) is 0 Å². The number of aryl methyl sites for hydroxylation is 2. The van der Waals surface area contributed by atoms with Crippen molar-refractivity contribution in [3.05, 3.63) is 108 Å². The molecule has 7 heteroatoms. The first kappa shape index (κ1) is 22.8. The van der Waals surface area contributed by atoms with Gasteiger partial charge in [-0.25, -0.2) is 0 Å². The van der Waals surface area contributed by atoms with E-state index in [2.05, 4.69) is 50.9 Å². The molecule has 0 aliphatic heterocycles. The molecular weight excluding hydrogens is 454 g/mol. The number of benzene rings is 2. The second-order valence-corrected chi connectivity index (χ2v) is 9.32. The SMILES string of the molecule is Cc1ccc(-n2c(C)cc(C(=O)CSc3nnc(-c4ccncc4)n3-c3ccccc3)c2C)cc1. The summed E-state index contributed by atoms with van der Waals surface area (Å²) in [6.07, 6.45) is 3.47. The lowest BCUT2D eigenvalue weighted by Gasteiger charge is -2.11. The van der Waals surface area contributed by atoms with Crippen LogP contribution in [-0.2, 0) is 0 Å². The number of hydrogen-bond acceptors (Lipinski definition) is 5. The number of pyridine rings is 1. The molecule has 0 atom stereocenters. The minimum atomic E-state index is 0.0644. The first-order chi connectivity index (χ1) is 17.0. The normalized spacial score (nSPS) is 11.1. The standard InChI is InChI=1S/C28H25N5OS/c1-19-9-11-24(12-10-19)32-20(2)17-25(21(32)3)26(34)18-35-28-31-30-27(22-13-15-29-16-14-22)33(28)23-7-5-4-6-8-23/h4-17H,18H2,1-3H3. The number of aromatic nitrogens is 5. The summed E-state index contributed by atoms with van der Waals surface area (Å²) in [4.78, 5) is 17.4. The molecule has 3 heterocycles. The Morgan fingerprint density at radius 1 is 0.829 bits per heavy atom. The molecule has 0 amide bonds. The van der Waals surface area contributed by atoms with Gasteiger partial charge < -0.3 is 4.57 Å². The minimum Gasteiger partial charge on any atom is -0.318 e. The van der Waals surface area contributed by atoms with Crippen LogP contribution >= 0.6 is 11.8 Å². The van der Waals surface area contributed by atoms with Gasteiger partial charge in [0.1, 0.15) is 0 Å². The Labute approximate surface area is 208 Å². The third-order valence-electron chi connectivity index (χ3n) is 5.94. The highest BCUT2D eigenvalue weighted by Gasteiger charge is 2.20. The van der Waals surface area contributed by atoms with Crippen LogP contribution in [0.25, 0.3) is 22.8 Å². The Kier molecular flexibility index (Phi) is 6.33. The van der Waals surface area contributed by atoms with E-state index in [0.29, 0.717) is 11.0 Å². The molecule has 0 saturated carbocycles. The summed E-state index contributed by atoms with van der Waals surface area (Å²) in [6, 6.07) is 24.1. The second kappa shape index (κ2) is 9.72. The van der Waals surface area contributed by atoms with Crippen LogP contribution in [0.2, 0.25) is 0 Å². The molecule has 5 rings (SSSR count). The number of para-hydroxylation sites is 1. The number of hydrogen-bond donors (Lipinski definition) is 0. The molecule has 0 fully saturated rings. The van der Waals surface area contributed by atoms with E-state index >= 15 is 0 Å². The molecule has 0 bridgehead atoms. The average Bonchev–Trinajstić information content (AvgIpc) is 3.44.